The summed E-state index contributed by atoms with van der Waals surface area (Å²) in [4.78, 5) is 22.1. The van der Waals surface area contributed by atoms with Crippen molar-refractivity contribution in [1.29, 1.82) is 0 Å². The Morgan fingerprint density at radius 3 is 2.53 bits per heavy atom. The van der Waals surface area contributed by atoms with Crippen molar-refractivity contribution in [3.8, 4) is 0 Å². The van der Waals surface area contributed by atoms with Gasteiger partial charge in [-0.3, -0.25) is 4.79 Å². The SMILES string of the molecule is CC[C@H](NC(=O)[C@H](N)CCSC)C(=O)O. The first-order valence-electron chi connectivity index (χ1n) is 4.80. The number of carbonyl (C=O) groups is 2. The zero-order chi connectivity index (χ0) is 11.8. The van der Waals surface area contributed by atoms with E-state index in [1.807, 2.05) is 6.26 Å². The average molecular weight is 234 g/mol. The summed E-state index contributed by atoms with van der Waals surface area (Å²) in [5.41, 5.74) is 5.59. The lowest BCUT2D eigenvalue weighted by Gasteiger charge is -2.16. The molecule has 0 saturated heterocycles. The van der Waals surface area contributed by atoms with Crippen LogP contribution in [-0.2, 0) is 9.59 Å². The molecule has 0 aliphatic carbocycles. The molecule has 0 saturated carbocycles. The number of rotatable bonds is 7. The van der Waals surface area contributed by atoms with Gasteiger partial charge in [-0.05, 0) is 24.9 Å². The fraction of sp³-hybridized carbons (Fsp3) is 0.778. The first-order chi connectivity index (χ1) is 7.02. The number of carbonyl (C=O) groups excluding carboxylic acids is 1. The van der Waals surface area contributed by atoms with Crippen molar-refractivity contribution in [3.05, 3.63) is 0 Å². The summed E-state index contributed by atoms with van der Waals surface area (Å²) < 4.78 is 0. The van der Waals surface area contributed by atoms with E-state index < -0.39 is 24.0 Å². The summed E-state index contributed by atoms with van der Waals surface area (Å²) >= 11 is 1.60. The van der Waals surface area contributed by atoms with Crippen molar-refractivity contribution in [1.82, 2.24) is 5.32 Å². The molecule has 0 radical (unpaired) electrons. The van der Waals surface area contributed by atoms with Gasteiger partial charge >= 0.3 is 5.97 Å². The molecule has 0 aromatic rings. The Morgan fingerprint density at radius 1 is 1.53 bits per heavy atom. The lowest BCUT2D eigenvalue weighted by molar-refractivity contribution is -0.142. The third kappa shape index (κ3) is 5.64. The highest BCUT2D eigenvalue weighted by Crippen LogP contribution is 2.00. The lowest BCUT2D eigenvalue weighted by atomic mass is 10.2. The Labute approximate surface area is 93.8 Å². The van der Waals surface area contributed by atoms with Crippen LogP contribution in [0, 0.1) is 0 Å². The quantitative estimate of drug-likeness (QED) is 0.578. The van der Waals surface area contributed by atoms with Gasteiger partial charge in [0.05, 0.1) is 6.04 Å². The third-order valence-electron chi connectivity index (χ3n) is 1.99. The molecule has 88 valence electrons. The van der Waals surface area contributed by atoms with Crippen molar-refractivity contribution in [3.63, 3.8) is 0 Å². The number of amides is 1. The van der Waals surface area contributed by atoms with Crippen LogP contribution in [0.2, 0.25) is 0 Å². The Bertz CT molecular complexity index is 223. The van der Waals surface area contributed by atoms with Gasteiger partial charge in [0.15, 0.2) is 0 Å². The maximum absolute atomic E-state index is 11.4. The monoisotopic (exact) mass is 234 g/mol. The fourth-order valence-electron chi connectivity index (χ4n) is 0.993. The first-order valence-corrected chi connectivity index (χ1v) is 6.20. The summed E-state index contributed by atoms with van der Waals surface area (Å²) in [5.74, 6) is -0.625. The van der Waals surface area contributed by atoms with Gasteiger partial charge in [-0.15, -0.1) is 0 Å². The minimum atomic E-state index is -1.03. The van der Waals surface area contributed by atoms with Crippen LogP contribution in [0.3, 0.4) is 0 Å². The molecule has 0 aliphatic rings. The second-order valence-corrected chi connectivity index (χ2v) is 4.18. The Kier molecular flexibility index (Phi) is 7.15. The highest BCUT2D eigenvalue weighted by Gasteiger charge is 2.21. The van der Waals surface area contributed by atoms with Crippen molar-refractivity contribution in [2.75, 3.05) is 12.0 Å². The standard InChI is InChI=1S/C9H18N2O3S/c1-3-7(9(13)14)11-8(12)6(10)4-5-15-2/h6-7H,3-5,10H2,1-2H3,(H,11,12)(H,13,14)/t6-,7+/m1/s1. The van der Waals surface area contributed by atoms with E-state index in [1.54, 1.807) is 18.7 Å². The van der Waals surface area contributed by atoms with E-state index in [2.05, 4.69) is 5.32 Å². The normalized spacial score (nSPS) is 14.3. The number of hydrogen-bond acceptors (Lipinski definition) is 4. The van der Waals surface area contributed by atoms with Crippen molar-refractivity contribution < 1.29 is 14.7 Å². The largest absolute Gasteiger partial charge is 0.480 e. The highest BCUT2D eigenvalue weighted by atomic mass is 32.2. The molecule has 15 heavy (non-hydrogen) atoms. The first kappa shape index (κ1) is 14.2. The molecule has 2 atom stereocenters. The van der Waals surface area contributed by atoms with Gasteiger partial charge in [-0.2, -0.15) is 11.8 Å². The van der Waals surface area contributed by atoms with Crippen molar-refractivity contribution in [2.45, 2.75) is 31.8 Å². The molecule has 0 fully saturated rings. The molecular weight excluding hydrogens is 216 g/mol. The smallest absolute Gasteiger partial charge is 0.326 e. The van der Waals surface area contributed by atoms with Gasteiger partial charge in [0, 0.05) is 0 Å². The predicted molar refractivity (Wildman–Crippen MR) is 60.8 cm³/mol. The van der Waals surface area contributed by atoms with Crippen LogP contribution in [0.15, 0.2) is 0 Å². The summed E-state index contributed by atoms with van der Waals surface area (Å²) in [6.07, 6.45) is 2.84. The van der Waals surface area contributed by atoms with Crippen LogP contribution in [-0.4, -0.2) is 41.1 Å². The Hall–Kier alpha value is -0.750. The number of carboxylic acid groups (broad SMARTS) is 1. The number of aliphatic carboxylic acids is 1. The molecule has 5 nitrogen and oxygen atoms in total. The zero-order valence-corrected chi connectivity index (χ0v) is 9.84. The van der Waals surface area contributed by atoms with Crippen molar-refractivity contribution in [2.24, 2.45) is 5.73 Å². The molecule has 0 spiro atoms. The van der Waals surface area contributed by atoms with E-state index in [4.69, 9.17) is 10.8 Å². The Morgan fingerprint density at radius 2 is 2.13 bits per heavy atom. The second-order valence-electron chi connectivity index (χ2n) is 3.20. The molecule has 0 bridgehead atoms. The fourth-order valence-corrected chi connectivity index (χ4v) is 1.48. The number of thioether (sulfide) groups is 1. The van der Waals surface area contributed by atoms with Crippen LogP contribution in [0.1, 0.15) is 19.8 Å². The van der Waals surface area contributed by atoms with Gasteiger partial charge in [-0.1, -0.05) is 6.92 Å². The molecule has 1 amide bonds. The Balaban J connectivity index is 4.04. The highest BCUT2D eigenvalue weighted by molar-refractivity contribution is 7.98. The maximum Gasteiger partial charge on any atom is 0.326 e. The second kappa shape index (κ2) is 7.53. The molecule has 0 aliphatic heterocycles. The van der Waals surface area contributed by atoms with E-state index in [0.29, 0.717) is 12.8 Å². The van der Waals surface area contributed by atoms with Gasteiger partial charge in [0.2, 0.25) is 5.91 Å². The number of carboxylic acids is 1. The number of hydrogen-bond donors (Lipinski definition) is 3. The molecule has 6 heteroatoms. The third-order valence-corrected chi connectivity index (χ3v) is 2.64. The van der Waals surface area contributed by atoms with E-state index >= 15 is 0 Å². The molecule has 0 heterocycles. The number of nitrogens with two attached hydrogens (primary N) is 1. The average Bonchev–Trinajstić information content (AvgIpc) is 2.21. The molecule has 4 N–H and O–H groups in total. The van der Waals surface area contributed by atoms with Crippen LogP contribution in [0.5, 0.6) is 0 Å². The zero-order valence-electron chi connectivity index (χ0n) is 9.03. The topological polar surface area (TPSA) is 92.4 Å². The molecule has 0 unspecified atom stereocenters. The van der Waals surface area contributed by atoms with Crippen LogP contribution in [0.25, 0.3) is 0 Å². The van der Waals surface area contributed by atoms with Crippen LogP contribution in [0.4, 0.5) is 0 Å². The summed E-state index contributed by atoms with van der Waals surface area (Å²) in [6, 6.07) is -1.45. The van der Waals surface area contributed by atoms with Crippen LogP contribution >= 0.6 is 11.8 Å². The molecule has 0 aromatic carbocycles. The van der Waals surface area contributed by atoms with Crippen LogP contribution < -0.4 is 11.1 Å². The van der Waals surface area contributed by atoms with E-state index in [-0.39, 0.29) is 0 Å². The van der Waals surface area contributed by atoms with Gasteiger partial charge in [0.25, 0.3) is 0 Å². The minimum Gasteiger partial charge on any atom is -0.480 e. The van der Waals surface area contributed by atoms with E-state index in [0.717, 1.165) is 5.75 Å². The van der Waals surface area contributed by atoms with Gasteiger partial charge in [0.1, 0.15) is 6.04 Å². The van der Waals surface area contributed by atoms with Gasteiger partial charge in [-0.25, -0.2) is 4.79 Å². The molecule has 0 aromatic heterocycles. The van der Waals surface area contributed by atoms with Crippen molar-refractivity contribution >= 4 is 23.6 Å². The molecule has 0 rings (SSSR count). The lowest BCUT2D eigenvalue weighted by Crippen LogP contribution is -2.48. The number of nitrogens with one attached hydrogen (secondary N) is 1. The predicted octanol–water partition coefficient (Wildman–Crippen LogP) is 0.0462. The summed E-state index contributed by atoms with van der Waals surface area (Å²) in [5, 5.41) is 11.1. The summed E-state index contributed by atoms with van der Waals surface area (Å²) in [6.45, 7) is 1.70. The maximum atomic E-state index is 11.4. The van der Waals surface area contributed by atoms with E-state index in [1.165, 1.54) is 0 Å². The summed E-state index contributed by atoms with van der Waals surface area (Å²) in [7, 11) is 0. The minimum absolute atomic E-state index is 0.357. The van der Waals surface area contributed by atoms with Gasteiger partial charge < -0.3 is 16.2 Å². The van der Waals surface area contributed by atoms with E-state index in [9.17, 15) is 9.59 Å². The molecular formula is C9H18N2O3S.